The van der Waals surface area contributed by atoms with Crippen molar-refractivity contribution in [3.05, 3.63) is 71.6 Å². The highest BCUT2D eigenvalue weighted by atomic mass is 19.1. The topological polar surface area (TPSA) is 46.9 Å². The van der Waals surface area contributed by atoms with Crippen LogP contribution in [0.4, 0.5) is 18.9 Å². The van der Waals surface area contributed by atoms with Crippen LogP contribution < -0.4 is 5.32 Å². The van der Waals surface area contributed by atoms with Crippen LogP contribution >= 0.6 is 0 Å². The maximum absolute atomic E-state index is 14.1. The molecule has 1 aromatic heterocycles. The highest BCUT2D eigenvalue weighted by Gasteiger charge is 2.18. The summed E-state index contributed by atoms with van der Waals surface area (Å²) in [6.07, 6.45) is 1.41. The zero-order valence-electron chi connectivity index (χ0n) is 13.3. The summed E-state index contributed by atoms with van der Waals surface area (Å²) >= 11 is 0. The van der Waals surface area contributed by atoms with E-state index >= 15 is 0 Å². The van der Waals surface area contributed by atoms with Gasteiger partial charge >= 0.3 is 0 Å². The van der Waals surface area contributed by atoms with Gasteiger partial charge in [-0.15, -0.1) is 0 Å². The van der Waals surface area contributed by atoms with E-state index in [1.54, 1.807) is 31.3 Å². The molecular formula is C18H14F3N3O. The number of anilines is 1. The lowest BCUT2D eigenvalue weighted by Crippen LogP contribution is -2.13. The molecule has 0 fully saturated rings. The van der Waals surface area contributed by atoms with Gasteiger partial charge in [-0.3, -0.25) is 9.48 Å². The molecule has 128 valence electrons. The van der Waals surface area contributed by atoms with Crippen molar-refractivity contribution < 1.29 is 18.0 Å². The first-order chi connectivity index (χ1) is 12.0. The number of nitrogens with zero attached hydrogens (tertiary/aromatic N) is 2. The number of aromatic nitrogens is 2. The quantitative estimate of drug-likeness (QED) is 0.774. The molecule has 0 saturated carbocycles. The lowest BCUT2D eigenvalue weighted by molar-refractivity contribution is 0.102. The van der Waals surface area contributed by atoms with E-state index in [2.05, 4.69) is 10.4 Å². The highest BCUT2D eigenvalue weighted by Crippen LogP contribution is 2.30. The van der Waals surface area contributed by atoms with Gasteiger partial charge in [0.1, 0.15) is 24.0 Å². The van der Waals surface area contributed by atoms with E-state index in [4.69, 9.17) is 0 Å². The zero-order chi connectivity index (χ0) is 18.0. The van der Waals surface area contributed by atoms with E-state index in [0.717, 1.165) is 12.1 Å². The summed E-state index contributed by atoms with van der Waals surface area (Å²) in [7, 11) is 1.58. The van der Waals surface area contributed by atoms with E-state index in [1.807, 2.05) is 0 Å². The molecule has 2 aromatic carbocycles. The minimum Gasteiger partial charge on any atom is -0.321 e. The molecule has 0 radical (unpaired) electrons. The molecule has 7 heteroatoms. The van der Waals surface area contributed by atoms with E-state index in [-0.39, 0.29) is 16.8 Å². The van der Waals surface area contributed by atoms with Crippen LogP contribution in [0.1, 0.15) is 16.1 Å². The minimum atomic E-state index is -0.877. The number of halogens is 3. The summed E-state index contributed by atoms with van der Waals surface area (Å²) in [5.74, 6) is -1.99. The number of benzene rings is 2. The van der Waals surface area contributed by atoms with Gasteiger partial charge in [0.25, 0.3) is 5.91 Å². The third-order valence-electron chi connectivity index (χ3n) is 3.67. The first-order valence-electron chi connectivity index (χ1n) is 7.44. The van der Waals surface area contributed by atoms with Crippen molar-refractivity contribution in [1.82, 2.24) is 9.78 Å². The van der Waals surface area contributed by atoms with Gasteiger partial charge in [0.05, 0.1) is 5.56 Å². The van der Waals surface area contributed by atoms with Gasteiger partial charge in [0, 0.05) is 36.1 Å². The van der Waals surface area contributed by atoms with E-state index < -0.39 is 24.2 Å². The predicted octanol–water partition coefficient (Wildman–Crippen LogP) is 4.09. The monoisotopic (exact) mass is 345 g/mol. The molecule has 0 spiro atoms. The molecule has 0 saturated heterocycles. The Labute approximate surface area is 141 Å². The fraction of sp³-hybridized carbons (Fsp3) is 0.111. The first kappa shape index (κ1) is 16.8. The minimum absolute atomic E-state index is 0.0189. The molecule has 1 N–H and O–H groups in total. The van der Waals surface area contributed by atoms with Crippen LogP contribution in [-0.4, -0.2) is 15.7 Å². The molecule has 0 aliphatic heterocycles. The van der Waals surface area contributed by atoms with Gasteiger partial charge in [-0.25, -0.2) is 13.2 Å². The number of carbonyl (C=O) groups is 1. The molecule has 1 heterocycles. The fourth-order valence-corrected chi connectivity index (χ4v) is 2.55. The molecule has 4 nitrogen and oxygen atoms in total. The van der Waals surface area contributed by atoms with Crippen molar-refractivity contribution in [2.24, 2.45) is 7.05 Å². The largest absolute Gasteiger partial charge is 0.321 e. The number of nitrogens with one attached hydrogen (secondary N) is 1. The molecule has 0 aliphatic carbocycles. The molecule has 25 heavy (non-hydrogen) atoms. The van der Waals surface area contributed by atoms with Gasteiger partial charge in [0.15, 0.2) is 0 Å². The Balaban J connectivity index is 1.97. The predicted molar refractivity (Wildman–Crippen MR) is 87.8 cm³/mol. The van der Waals surface area contributed by atoms with Crippen LogP contribution in [0.15, 0.2) is 48.7 Å². The third-order valence-corrected chi connectivity index (χ3v) is 3.67. The summed E-state index contributed by atoms with van der Waals surface area (Å²) < 4.78 is 41.5. The molecule has 3 aromatic rings. The summed E-state index contributed by atoms with van der Waals surface area (Å²) in [6, 6.07) is 9.74. The number of rotatable bonds is 4. The van der Waals surface area contributed by atoms with E-state index in [9.17, 15) is 18.0 Å². The molecule has 1 amide bonds. The van der Waals surface area contributed by atoms with Gasteiger partial charge in [0.2, 0.25) is 0 Å². The van der Waals surface area contributed by atoms with Crippen LogP contribution in [0.5, 0.6) is 0 Å². The normalized spacial score (nSPS) is 10.7. The maximum atomic E-state index is 14.1. The Morgan fingerprint density at radius 1 is 1.16 bits per heavy atom. The summed E-state index contributed by atoms with van der Waals surface area (Å²) in [5, 5.41) is 6.51. The first-order valence-corrected chi connectivity index (χ1v) is 7.44. The standard InChI is InChI=1S/C18H14F3N3O/c1-24-10-14(17(9-19)23-24)18(25)22-16-5-3-2-4-13(16)12-7-6-11(20)8-15(12)21/h2-8,10H,9H2,1H3,(H,22,25). The van der Waals surface area contributed by atoms with Crippen LogP contribution in [0.2, 0.25) is 0 Å². The van der Waals surface area contributed by atoms with Crippen LogP contribution in [0, 0.1) is 11.6 Å². The fourth-order valence-electron chi connectivity index (χ4n) is 2.55. The second kappa shape index (κ2) is 6.80. The van der Waals surface area contributed by atoms with Crippen molar-refractivity contribution in [3.8, 4) is 11.1 Å². The van der Waals surface area contributed by atoms with Crippen molar-refractivity contribution in [3.63, 3.8) is 0 Å². The molecule has 0 unspecified atom stereocenters. The Bertz CT molecular complexity index is 937. The SMILES string of the molecule is Cn1cc(C(=O)Nc2ccccc2-c2ccc(F)cc2F)c(CF)n1. The number of para-hydroxylation sites is 1. The van der Waals surface area contributed by atoms with Gasteiger partial charge < -0.3 is 5.32 Å². The highest BCUT2D eigenvalue weighted by molar-refractivity contribution is 6.06. The second-order valence-electron chi connectivity index (χ2n) is 5.42. The molecule has 0 aliphatic rings. The van der Waals surface area contributed by atoms with Crippen molar-refractivity contribution in [2.45, 2.75) is 6.67 Å². The van der Waals surface area contributed by atoms with Crippen molar-refractivity contribution in [2.75, 3.05) is 5.32 Å². The van der Waals surface area contributed by atoms with Gasteiger partial charge in [-0.05, 0) is 18.2 Å². The molecule has 0 atom stereocenters. The van der Waals surface area contributed by atoms with Crippen molar-refractivity contribution in [1.29, 1.82) is 0 Å². The number of aryl methyl sites for hydroxylation is 1. The lowest BCUT2D eigenvalue weighted by atomic mass is 10.0. The Morgan fingerprint density at radius 2 is 1.92 bits per heavy atom. The lowest BCUT2D eigenvalue weighted by Gasteiger charge is -2.12. The Morgan fingerprint density at radius 3 is 2.64 bits per heavy atom. The zero-order valence-corrected chi connectivity index (χ0v) is 13.3. The van der Waals surface area contributed by atoms with Crippen LogP contribution in [-0.2, 0) is 13.7 Å². The van der Waals surface area contributed by atoms with Gasteiger partial charge in [-0.1, -0.05) is 18.2 Å². The smallest absolute Gasteiger partial charge is 0.259 e. The molecule has 3 rings (SSSR count). The summed E-state index contributed by atoms with van der Waals surface area (Å²) in [6.45, 7) is -0.877. The number of carbonyl (C=O) groups excluding carboxylic acids is 1. The average molecular weight is 345 g/mol. The Kier molecular flexibility index (Phi) is 4.56. The third kappa shape index (κ3) is 3.40. The van der Waals surface area contributed by atoms with Crippen LogP contribution in [0.25, 0.3) is 11.1 Å². The second-order valence-corrected chi connectivity index (χ2v) is 5.42. The number of amides is 1. The maximum Gasteiger partial charge on any atom is 0.259 e. The van der Waals surface area contributed by atoms with E-state index in [0.29, 0.717) is 11.3 Å². The summed E-state index contributed by atoms with van der Waals surface area (Å²) in [5.41, 5.74) is 0.977. The summed E-state index contributed by atoms with van der Waals surface area (Å²) in [4.78, 5) is 12.4. The number of alkyl halides is 1. The van der Waals surface area contributed by atoms with Crippen LogP contribution in [0.3, 0.4) is 0 Å². The average Bonchev–Trinajstić information content (AvgIpc) is 2.97. The molecule has 0 bridgehead atoms. The van der Waals surface area contributed by atoms with Crippen molar-refractivity contribution >= 4 is 11.6 Å². The number of hydrogen-bond donors (Lipinski definition) is 1. The number of hydrogen-bond acceptors (Lipinski definition) is 2. The molecular weight excluding hydrogens is 331 g/mol. The van der Waals surface area contributed by atoms with Gasteiger partial charge in [-0.2, -0.15) is 5.10 Å². The Hall–Kier alpha value is -3.09. The van der Waals surface area contributed by atoms with E-state index in [1.165, 1.54) is 16.9 Å².